The molecule has 0 aromatic heterocycles. The number of carbonyl (C=O) groups is 2. The number of fused-ring (bicyclic) bond motifs is 1. The topological polar surface area (TPSA) is 84.7 Å². The molecule has 17 heavy (non-hydrogen) atoms. The highest BCUT2D eigenvalue weighted by molar-refractivity contribution is 5.88. The third kappa shape index (κ3) is 2.28. The third-order valence-corrected chi connectivity index (χ3v) is 3.53. The first-order valence-corrected chi connectivity index (χ1v) is 6.01. The van der Waals surface area contributed by atoms with Gasteiger partial charge in [-0.05, 0) is 19.3 Å². The van der Waals surface area contributed by atoms with E-state index in [1.807, 2.05) is 0 Å². The molecular formula is C11H19N3O3. The van der Waals surface area contributed by atoms with Gasteiger partial charge < -0.3 is 20.7 Å². The first kappa shape index (κ1) is 12.3. The van der Waals surface area contributed by atoms with Crippen molar-refractivity contribution in [3.8, 4) is 0 Å². The lowest BCUT2D eigenvalue weighted by Gasteiger charge is -2.40. The maximum Gasteiger partial charge on any atom is 0.328 e. The fourth-order valence-electron chi connectivity index (χ4n) is 2.67. The van der Waals surface area contributed by atoms with Crippen LogP contribution in [0.25, 0.3) is 0 Å². The van der Waals surface area contributed by atoms with Gasteiger partial charge in [0.15, 0.2) is 0 Å². The molecule has 2 aliphatic rings. The Morgan fingerprint density at radius 2 is 2.24 bits per heavy atom. The van der Waals surface area contributed by atoms with Crippen LogP contribution in [0.15, 0.2) is 0 Å². The number of nitrogens with one attached hydrogen (secondary N) is 1. The van der Waals surface area contributed by atoms with Gasteiger partial charge in [-0.2, -0.15) is 0 Å². The summed E-state index contributed by atoms with van der Waals surface area (Å²) in [6.45, 7) is 1.17. The number of carbonyl (C=O) groups excluding carboxylic acids is 2. The Kier molecular flexibility index (Phi) is 3.63. The lowest BCUT2D eigenvalue weighted by Crippen LogP contribution is -2.57. The minimum Gasteiger partial charge on any atom is -0.467 e. The quantitative estimate of drug-likeness (QED) is 0.566. The van der Waals surface area contributed by atoms with Gasteiger partial charge in [-0.1, -0.05) is 0 Å². The molecule has 6 heteroatoms. The zero-order valence-electron chi connectivity index (χ0n) is 10.0. The van der Waals surface area contributed by atoms with Gasteiger partial charge in [0.2, 0.25) is 5.91 Å². The lowest BCUT2D eigenvalue weighted by atomic mass is 9.95. The van der Waals surface area contributed by atoms with E-state index in [0.717, 1.165) is 12.8 Å². The fraction of sp³-hybridized carbons (Fsp3) is 0.818. The number of piperidine rings is 1. The molecule has 2 heterocycles. The molecule has 2 fully saturated rings. The minimum atomic E-state index is -0.565. The molecule has 0 radical (unpaired) electrons. The molecule has 2 aliphatic heterocycles. The number of hydrogen-bond donors (Lipinski definition) is 2. The summed E-state index contributed by atoms with van der Waals surface area (Å²) in [6, 6.07) is -0.962. The molecule has 0 saturated carbocycles. The van der Waals surface area contributed by atoms with E-state index in [-0.39, 0.29) is 17.9 Å². The number of nitrogens with two attached hydrogens (primary N) is 1. The third-order valence-electron chi connectivity index (χ3n) is 3.53. The second-order valence-corrected chi connectivity index (χ2v) is 4.63. The van der Waals surface area contributed by atoms with Crippen molar-refractivity contribution in [2.75, 3.05) is 20.2 Å². The van der Waals surface area contributed by atoms with Crippen LogP contribution in [0.2, 0.25) is 0 Å². The number of ether oxygens (including phenoxy) is 1. The number of nitrogens with zero attached hydrogens (tertiary/aromatic N) is 1. The van der Waals surface area contributed by atoms with Crippen LogP contribution in [0, 0.1) is 0 Å². The van der Waals surface area contributed by atoms with Crippen molar-refractivity contribution in [1.29, 1.82) is 0 Å². The largest absolute Gasteiger partial charge is 0.467 e. The van der Waals surface area contributed by atoms with E-state index in [0.29, 0.717) is 19.5 Å². The monoisotopic (exact) mass is 241 g/mol. The van der Waals surface area contributed by atoms with Crippen LogP contribution in [-0.2, 0) is 14.3 Å². The highest BCUT2D eigenvalue weighted by Crippen LogP contribution is 2.25. The number of methoxy groups -OCH3 is 1. The number of hydrogen-bond acceptors (Lipinski definition) is 5. The van der Waals surface area contributed by atoms with Crippen molar-refractivity contribution in [2.24, 2.45) is 5.73 Å². The van der Waals surface area contributed by atoms with Gasteiger partial charge in [0.1, 0.15) is 6.04 Å². The zero-order valence-corrected chi connectivity index (χ0v) is 10.0. The van der Waals surface area contributed by atoms with E-state index in [1.54, 1.807) is 4.90 Å². The first-order chi connectivity index (χ1) is 8.15. The van der Waals surface area contributed by atoms with Crippen molar-refractivity contribution in [2.45, 2.75) is 37.4 Å². The van der Waals surface area contributed by atoms with E-state index in [4.69, 9.17) is 10.5 Å². The predicted octanol–water partition coefficient (Wildman–Crippen LogP) is -1.16. The number of rotatable bonds is 1. The normalized spacial score (nSPS) is 33.9. The molecule has 2 rings (SSSR count). The van der Waals surface area contributed by atoms with E-state index in [2.05, 4.69) is 5.32 Å². The molecule has 96 valence electrons. The molecule has 0 bridgehead atoms. The molecule has 1 unspecified atom stereocenters. The standard InChI is InChI=1S/C11H19N3O3/c1-17-11(16)9-4-2-3-7-5-13-6-8(12)10(15)14(7)9/h7-9,13H,2-6,12H2,1H3/t7-,8?,9+/m1/s1. The molecule has 2 saturated heterocycles. The van der Waals surface area contributed by atoms with Gasteiger partial charge in [0.05, 0.1) is 13.2 Å². The van der Waals surface area contributed by atoms with Gasteiger partial charge in [-0.3, -0.25) is 4.79 Å². The van der Waals surface area contributed by atoms with Crippen molar-refractivity contribution < 1.29 is 14.3 Å². The lowest BCUT2D eigenvalue weighted by molar-refractivity contribution is -0.157. The van der Waals surface area contributed by atoms with Crippen LogP contribution in [0.1, 0.15) is 19.3 Å². The van der Waals surface area contributed by atoms with Crippen molar-refractivity contribution in [3.63, 3.8) is 0 Å². The molecule has 1 amide bonds. The van der Waals surface area contributed by atoms with Gasteiger partial charge in [-0.15, -0.1) is 0 Å². The van der Waals surface area contributed by atoms with Crippen molar-refractivity contribution in [1.82, 2.24) is 10.2 Å². The van der Waals surface area contributed by atoms with Crippen molar-refractivity contribution >= 4 is 11.9 Å². The summed E-state index contributed by atoms with van der Waals surface area (Å²) in [6.07, 6.45) is 2.52. The van der Waals surface area contributed by atoms with Crippen LogP contribution in [0.5, 0.6) is 0 Å². The molecule has 0 aliphatic carbocycles. The minimum absolute atomic E-state index is 0.0638. The first-order valence-electron chi connectivity index (χ1n) is 6.01. The summed E-state index contributed by atoms with van der Waals surface area (Å²) in [5.74, 6) is -0.479. The molecular weight excluding hydrogens is 222 g/mol. The average Bonchev–Trinajstić information content (AvgIpc) is 2.49. The Bertz CT molecular complexity index is 321. The second kappa shape index (κ2) is 5.01. The summed E-state index contributed by atoms with van der Waals surface area (Å²) in [5, 5.41) is 3.16. The van der Waals surface area contributed by atoms with Gasteiger partial charge >= 0.3 is 5.97 Å². The summed E-state index contributed by atoms with van der Waals surface area (Å²) in [7, 11) is 1.35. The van der Waals surface area contributed by atoms with Crippen LogP contribution >= 0.6 is 0 Å². The predicted molar refractivity (Wildman–Crippen MR) is 61.1 cm³/mol. The van der Waals surface area contributed by atoms with Crippen LogP contribution < -0.4 is 11.1 Å². The highest BCUT2D eigenvalue weighted by Gasteiger charge is 2.41. The van der Waals surface area contributed by atoms with Crippen molar-refractivity contribution in [3.05, 3.63) is 0 Å². The Labute approximate surface area is 100 Å². The maximum absolute atomic E-state index is 12.2. The molecule has 0 spiro atoms. The zero-order chi connectivity index (χ0) is 12.4. The van der Waals surface area contributed by atoms with E-state index in [1.165, 1.54) is 7.11 Å². The number of esters is 1. The second-order valence-electron chi connectivity index (χ2n) is 4.63. The smallest absolute Gasteiger partial charge is 0.328 e. The number of amides is 1. The van der Waals surface area contributed by atoms with Crippen LogP contribution in [0.4, 0.5) is 0 Å². The SMILES string of the molecule is COC(=O)[C@@H]1CCC[C@@H]2CNCC(N)C(=O)N21. The Morgan fingerprint density at radius 1 is 1.47 bits per heavy atom. The Morgan fingerprint density at radius 3 is 2.94 bits per heavy atom. The summed E-state index contributed by atoms with van der Waals surface area (Å²) in [4.78, 5) is 25.5. The molecule has 0 aromatic rings. The fourth-order valence-corrected chi connectivity index (χ4v) is 2.67. The van der Waals surface area contributed by atoms with E-state index < -0.39 is 12.1 Å². The van der Waals surface area contributed by atoms with Crippen LogP contribution in [0.3, 0.4) is 0 Å². The highest BCUT2D eigenvalue weighted by atomic mass is 16.5. The van der Waals surface area contributed by atoms with Crippen LogP contribution in [-0.4, -0.2) is 55.1 Å². The van der Waals surface area contributed by atoms with Gasteiger partial charge in [0.25, 0.3) is 0 Å². The molecule has 3 N–H and O–H groups in total. The average molecular weight is 241 g/mol. The molecule has 6 nitrogen and oxygen atoms in total. The molecule has 0 aromatic carbocycles. The summed E-state index contributed by atoms with van der Waals surface area (Å²) in [5.41, 5.74) is 5.78. The van der Waals surface area contributed by atoms with Gasteiger partial charge in [-0.25, -0.2) is 4.79 Å². The summed E-state index contributed by atoms with van der Waals surface area (Å²) < 4.78 is 4.77. The van der Waals surface area contributed by atoms with E-state index >= 15 is 0 Å². The maximum atomic E-state index is 12.2. The summed E-state index contributed by atoms with van der Waals surface area (Å²) >= 11 is 0. The Hall–Kier alpha value is -1.14. The molecule has 3 atom stereocenters. The van der Waals surface area contributed by atoms with E-state index in [9.17, 15) is 9.59 Å². The van der Waals surface area contributed by atoms with Gasteiger partial charge in [0, 0.05) is 19.1 Å². The Balaban J connectivity index is 2.23.